The smallest absolute Gasteiger partial charge is 0.259 e. The van der Waals surface area contributed by atoms with Crippen LogP contribution in [-0.4, -0.2) is 65.6 Å². The summed E-state index contributed by atoms with van der Waals surface area (Å²) in [7, 11) is 1.68. The number of benzene rings is 1. The lowest BCUT2D eigenvalue weighted by Gasteiger charge is -2.39. The topological polar surface area (TPSA) is 89.5 Å². The largest absolute Gasteiger partial charge is 0.384 e. The fourth-order valence-corrected chi connectivity index (χ4v) is 4.46. The highest BCUT2D eigenvalue weighted by Crippen LogP contribution is 2.30. The fourth-order valence-electron chi connectivity index (χ4n) is 4.46. The minimum absolute atomic E-state index is 0.0198. The zero-order valence-corrected chi connectivity index (χ0v) is 16.6. The predicted octanol–water partition coefficient (Wildman–Crippen LogP) is 1.87. The number of fused-ring (bicyclic) bond motifs is 3. The number of aromatic nitrogens is 3. The van der Waals surface area contributed by atoms with E-state index in [1.54, 1.807) is 13.3 Å². The molecule has 1 amide bonds. The molecule has 2 aliphatic rings. The summed E-state index contributed by atoms with van der Waals surface area (Å²) in [6.07, 6.45) is 2.47. The van der Waals surface area contributed by atoms with Crippen LogP contribution in [0.4, 0.5) is 0 Å². The molecule has 8 nitrogen and oxygen atoms in total. The number of nitrogens with zero attached hydrogens (tertiary/aromatic N) is 3. The van der Waals surface area contributed by atoms with Gasteiger partial charge in [0.2, 0.25) is 0 Å². The van der Waals surface area contributed by atoms with E-state index >= 15 is 0 Å². The molecule has 2 aromatic heterocycles. The summed E-state index contributed by atoms with van der Waals surface area (Å²) in [5.74, 6) is 0.419. The number of carbonyl (C=O) groups is 1. The van der Waals surface area contributed by atoms with Crippen LogP contribution in [0.1, 0.15) is 28.4 Å². The maximum absolute atomic E-state index is 13.1. The molecule has 0 radical (unpaired) electrons. The number of methoxy groups -OCH3 is 1. The molecule has 2 saturated heterocycles. The Hall–Kier alpha value is -2.71. The average Bonchev–Trinajstić information content (AvgIpc) is 3.33. The Morgan fingerprint density at radius 3 is 2.90 bits per heavy atom. The van der Waals surface area contributed by atoms with Crippen molar-refractivity contribution < 1.29 is 14.3 Å². The summed E-state index contributed by atoms with van der Waals surface area (Å²) in [6, 6.07) is 3.89. The van der Waals surface area contributed by atoms with Crippen LogP contribution in [-0.2, 0) is 9.47 Å². The normalized spacial score (nSPS) is 19.9. The number of ether oxygens (including phenoxy) is 2. The number of pyridine rings is 1. The van der Waals surface area contributed by atoms with E-state index in [4.69, 9.17) is 9.47 Å². The van der Waals surface area contributed by atoms with Gasteiger partial charge in [0.1, 0.15) is 0 Å². The number of aromatic amines is 1. The number of hydrogen-bond donors (Lipinski definition) is 1. The molecule has 1 N–H and O–H groups in total. The van der Waals surface area contributed by atoms with Crippen molar-refractivity contribution in [3.63, 3.8) is 0 Å². The molecule has 0 unspecified atom stereocenters. The molecule has 0 spiro atoms. The molecule has 8 heteroatoms. The van der Waals surface area contributed by atoms with E-state index in [0.717, 1.165) is 28.4 Å². The summed E-state index contributed by atoms with van der Waals surface area (Å²) in [5.41, 5.74) is 2.84. The SMILES string of the molecule is COCC1CN(C(=O)c2cc3c(cc2C)[nH]c(=O)c2cnn([C@H]4CCOC4)c23)C1. The van der Waals surface area contributed by atoms with Crippen molar-refractivity contribution in [2.75, 3.05) is 40.0 Å². The Kier molecular flexibility index (Phi) is 4.40. The van der Waals surface area contributed by atoms with E-state index in [-0.39, 0.29) is 17.5 Å². The fraction of sp³-hybridized carbons (Fsp3) is 0.476. The molecule has 29 heavy (non-hydrogen) atoms. The Balaban J connectivity index is 1.62. The van der Waals surface area contributed by atoms with Gasteiger partial charge in [-0.1, -0.05) is 0 Å². The standard InChI is InChI=1S/C21H24N4O4/c1-12-5-18-16(6-15(12)21(27)24-8-13(9-24)10-28-2)19-17(20(26)23-18)7-22-25(19)14-3-4-29-11-14/h5-7,13-14H,3-4,8-11H2,1-2H3,(H,23,26)/t14-/m0/s1. The highest BCUT2D eigenvalue weighted by molar-refractivity contribution is 6.07. The lowest BCUT2D eigenvalue weighted by molar-refractivity contribution is 0.0270. The second-order valence-corrected chi connectivity index (χ2v) is 8.07. The summed E-state index contributed by atoms with van der Waals surface area (Å²) < 4.78 is 12.6. The Morgan fingerprint density at radius 1 is 1.34 bits per heavy atom. The number of amides is 1. The maximum Gasteiger partial charge on any atom is 0.259 e. The van der Waals surface area contributed by atoms with Crippen LogP contribution in [0.25, 0.3) is 21.8 Å². The van der Waals surface area contributed by atoms with Gasteiger partial charge in [-0.15, -0.1) is 0 Å². The maximum atomic E-state index is 13.1. The molecule has 3 aromatic rings. The van der Waals surface area contributed by atoms with Gasteiger partial charge in [-0.05, 0) is 31.0 Å². The monoisotopic (exact) mass is 396 g/mol. The van der Waals surface area contributed by atoms with Gasteiger partial charge in [-0.2, -0.15) is 5.10 Å². The van der Waals surface area contributed by atoms with Gasteiger partial charge < -0.3 is 19.4 Å². The zero-order valence-electron chi connectivity index (χ0n) is 16.6. The predicted molar refractivity (Wildman–Crippen MR) is 108 cm³/mol. The number of carbonyl (C=O) groups excluding carboxylic acids is 1. The van der Waals surface area contributed by atoms with Crippen molar-refractivity contribution in [2.24, 2.45) is 5.92 Å². The molecule has 4 heterocycles. The van der Waals surface area contributed by atoms with Crippen LogP contribution < -0.4 is 5.56 Å². The van der Waals surface area contributed by atoms with E-state index in [9.17, 15) is 9.59 Å². The minimum atomic E-state index is -0.165. The first-order chi connectivity index (χ1) is 14.1. The quantitative estimate of drug-likeness (QED) is 0.727. The molecule has 2 aliphatic heterocycles. The third-order valence-corrected chi connectivity index (χ3v) is 6.04. The molecular formula is C21H24N4O4. The van der Waals surface area contributed by atoms with Crippen LogP contribution in [0.2, 0.25) is 0 Å². The van der Waals surface area contributed by atoms with Crippen molar-refractivity contribution in [1.82, 2.24) is 19.7 Å². The Labute approximate surface area is 167 Å². The third kappa shape index (κ3) is 2.94. The number of hydrogen-bond acceptors (Lipinski definition) is 5. The summed E-state index contributed by atoms with van der Waals surface area (Å²) >= 11 is 0. The first-order valence-electron chi connectivity index (χ1n) is 9.96. The Bertz CT molecular complexity index is 1150. The molecule has 0 bridgehead atoms. The minimum Gasteiger partial charge on any atom is -0.384 e. The average molecular weight is 396 g/mol. The molecule has 1 aromatic carbocycles. The number of aryl methyl sites for hydroxylation is 1. The Morgan fingerprint density at radius 2 is 2.17 bits per heavy atom. The molecule has 0 saturated carbocycles. The number of rotatable bonds is 4. The highest BCUT2D eigenvalue weighted by atomic mass is 16.5. The number of nitrogens with one attached hydrogen (secondary N) is 1. The van der Waals surface area contributed by atoms with Crippen LogP contribution >= 0.6 is 0 Å². The van der Waals surface area contributed by atoms with Crippen LogP contribution in [0.3, 0.4) is 0 Å². The number of H-pyrrole nitrogens is 1. The van der Waals surface area contributed by atoms with Gasteiger partial charge >= 0.3 is 0 Å². The van der Waals surface area contributed by atoms with Crippen molar-refractivity contribution in [3.8, 4) is 0 Å². The molecule has 0 aliphatic carbocycles. The van der Waals surface area contributed by atoms with Gasteiger partial charge in [0.25, 0.3) is 11.5 Å². The van der Waals surface area contributed by atoms with E-state index in [1.165, 1.54) is 0 Å². The number of likely N-dealkylation sites (tertiary alicyclic amines) is 1. The van der Waals surface area contributed by atoms with Crippen molar-refractivity contribution in [3.05, 3.63) is 39.8 Å². The molecular weight excluding hydrogens is 372 g/mol. The molecule has 1 atom stereocenters. The summed E-state index contributed by atoms with van der Waals surface area (Å²) in [4.78, 5) is 30.5. The second-order valence-electron chi connectivity index (χ2n) is 8.07. The first kappa shape index (κ1) is 18.3. The molecule has 5 rings (SSSR count). The first-order valence-corrected chi connectivity index (χ1v) is 9.96. The third-order valence-electron chi connectivity index (χ3n) is 6.04. The van der Waals surface area contributed by atoms with Crippen LogP contribution in [0, 0.1) is 12.8 Å². The van der Waals surface area contributed by atoms with Gasteiger partial charge in [0.15, 0.2) is 0 Å². The van der Waals surface area contributed by atoms with Gasteiger partial charge in [0, 0.05) is 43.7 Å². The summed E-state index contributed by atoms with van der Waals surface area (Å²) in [6.45, 7) is 5.27. The van der Waals surface area contributed by atoms with E-state index in [1.807, 2.05) is 28.6 Å². The lowest BCUT2D eigenvalue weighted by atomic mass is 9.97. The van der Waals surface area contributed by atoms with Gasteiger partial charge in [-0.3, -0.25) is 14.3 Å². The van der Waals surface area contributed by atoms with Crippen LogP contribution in [0.5, 0.6) is 0 Å². The van der Waals surface area contributed by atoms with Crippen molar-refractivity contribution in [1.29, 1.82) is 0 Å². The van der Waals surface area contributed by atoms with E-state index in [2.05, 4.69) is 10.1 Å². The van der Waals surface area contributed by atoms with Crippen molar-refractivity contribution >= 4 is 27.7 Å². The zero-order chi connectivity index (χ0) is 20.1. The highest BCUT2D eigenvalue weighted by Gasteiger charge is 2.32. The lowest BCUT2D eigenvalue weighted by Crippen LogP contribution is -2.51. The molecule has 2 fully saturated rings. The molecule has 152 valence electrons. The van der Waals surface area contributed by atoms with Crippen molar-refractivity contribution in [2.45, 2.75) is 19.4 Å². The second kappa shape index (κ2) is 6.96. The van der Waals surface area contributed by atoms with E-state index in [0.29, 0.717) is 49.8 Å². The van der Waals surface area contributed by atoms with Gasteiger partial charge in [0.05, 0.1) is 41.9 Å². The van der Waals surface area contributed by atoms with Gasteiger partial charge in [-0.25, -0.2) is 0 Å². The van der Waals surface area contributed by atoms with Crippen LogP contribution in [0.15, 0.2) is 23.1 Å². The summed E-state index contributed by atoms with van der Waals surface area (Å²) in [5, 5.41) is 5.86. The van der Waals surface area contributed by atoms with E-state index < -0.39 is 0 Å².